The second-order valence-electron chi connectivity index (χ2n) is 4.44. The highest BCUT2D eigenvalue weighted by Crippen LogP contribution is 2.27. The van der Waals surface area contributed by atoms with Gasteiger partial charge in [0.1, 0.15) is 18.3 Å². The van der Waals surface area contributed by atoms with Crippen LogP contribution in [-0.4, -0.2) is 81.4 Å². The van der Waals surface area contributed by atoms with E-state index in [-0.39, 0.29) is 11.8 Å². The Balaban J connectivity index is 1.93. The third-order valence-electron chi connectivity index (χ3n) is 3.20. The zero-order valence-corrected chi connectivity index (χ0v) is 10.1. The Kier molecular flexibility index (Phi) is 2.73. The van der Waals surface area contributed by atoms with Crippen LogP contribution in [0, 0.1) is 0 Å². The van der Waals surface area contributed by atoms with Crippen LogP contribution in [0.5, 0.6) is 0 Å². The minimum atomic E-state index is -2.08. The molecule has 10 nitrogen and oxygen atoms in total. The SMILES string of the molecule is [2H]C12N=CN([C@@H]3O[C@H](CO)[C@@H](O)[C@H]3O)C1=NC(N)=NC2=O. The first kappa shape index (κ1) is 11.9. The molecule has 0 aromatic rings. The van der Waals surface area contributed by atoms with Crippen molar-refractivity contribution < 1.29 is 26.2 Å². The van der Waals surface area contributed by atoms with Crippen molar-refractivity contribution in [1.82, 2.24) is 4.90 Å². The van der Waals surface area contributed by atoms with Crippen molar-refractivity contribution in [2.45, 2.75) is 30.6 Å². The van der Waals surface area contributed by atoms with Gasteiger partial charge in [0.05, 0.1) is 14.3 Å². The zero-order valence-electron chi connectivity index (χ0n) is 11.1. The Bertz CT molecular complexity index is 580. The topological polar surface area (TPSA) is 153 Å². The summed E-state index contributed by atoms with van der Waals surface area (Å²) >= 11 is 0. The van der Waals surface area contributed by atoms with Crippen LogP contribution in [0.2, 0.25) is 0 Å². The Morgan fingerprint density at radius 3 is 2.85 bits per heavy atom. The summed E-state index contributed by atoms with van der Waals surface area (Å²) < 4.78 is 13.3. The molecule has 0 aliphatic carbocycles. The minimum Gasteiger partial charge on any atom is -0.394 e. The Morgan fingerprint density at radius 1 is 1.45 bits per heavy atom. The number of amides is 1. The third kappa shape index (κ3) is 1.81. The maximum absolute atomic E-state index is 11.8. The van der Waals surface area contributed by atoms with E-state index in [4.69, 9.17) is 16.9 Å². The van der Waals surface area contributed by atoms with Crippen LogP contribution < -0.4 is 5.73 Å². The second kappa shape index (κ2) is 4.59. The van der Waals surface area contributed by atoms with Crippen LogP contribution in [-0.2, 0) is 9.53 Å². The van der Waals surface area contributed by atoms with Crippen LogP contribution in [0.25, 0.3) is 0 Å². The molecule has 0 spiro atoms. The number of nitrogens with two attached hydrogens (primary N) is 1. The summed E-state index contributed by atoms with van der Waals surface area (Å²) in [6, 6.07) is -2.08. The van der Waals surface area contributed by atoms with Gasteiger partial charge in [-0.1, -0.05) is 0 Å². The van der Waals surface area contributed by atoms with Crippen LogP contribution in [0.1, 0.15) is 1.37 Å². The van der Waals surface area contributed by atoms with Crippen LogP contribution in [0.4, 0.5) is 0 Å². The highest BCUT2D eigenvalue weighted by molar-refractivity contribution is 6.21. The smallest absolute Gasteiger partial charge is 0.281 e. The van der Waals surface area contributed by atoms with E-state index < -0.39 is 43.1 Å². The molecule has 1 amide bonds. The molecule has 10 heteroatoms. The van der Waals surface area contributed by atoms with Gasteiger partial charge in [0, 0.05) is 0 Å². The Morgan fingerprint density at radius 2 is 2.20 bits per heavy atom. The number of carbonyl (C=O) groups excluding carboxylic acids is 1. The van der Waals surface area contributed by atoms with Gasteiger partial charge < -0.3 is 25.8 Å². The molecule has 0 saturated carbocycles. The molecule has 5 N–H and O–H groups in total. The lowest BCUT2D eigenvalue weighted by Crippen LogP contribution is -2.49. The molecular formula is C10H13N5O5. The largest absolute Gasteiger partial charge is 0.394 e. The van der Waals surface area contributed by atoms with Gasteiger partial charge in [0.25, 0.3) is 5.91 Å². The number of fused-ring (bicyclic) bond motifs is 1. The molecule has 0 aromatic heterocycles. The van der Waals surface area contributed by atoms with E-state index in [1.54, 1.807) is 0 Å². The van der Waals surface area contributed by atoms with E-state index in [9.17, 15) is 15.0 Å². The molecule has 3 heterocycles. The summed E-state index contributed by atoms with van der Waals surface area (Å²) in [6.07, 6.45) is -3.75. The van der Waals surface area contributed by atoms with Gasteiger partial charge >= 0.3 is 0 Å². The summed E-state index contributed by atoms with van der Waals surface area (Å²) in [7, 11) is 0. The number of aliphatic imine (C=N–C) groups is 3. The van der Waals surface area contributed by atoms with Crippen molar-refractivity contribution in [2.75, 3.05) is 6.61 Å². The van der Waals surface area contributed by atoms with Gasteiger partial charge in [-0.05, 0) is 0 Å². The lowest BCUT2D eigenvalue weighted by Gasteiger charge is -2.27. The zero-order chi connectivity index (χ0) is 15.4. The van der Waals surface area contributed by atoms with E-state index in [1.165, 1.54) is 0 Å². The van der Waals surface area contributed by atoms with Gasteiger partial charge in [-0.15, -0.1) is 0 Å². The monoisotopic (exact) mass is 284 g/mol. The summed E-state index contributed by atoms with van der Waals surface area (Å²) in [5.74, 6) is -1.41. The molecule has 5 atom stereocenters. The van der Waals surface area contributed by atoms with Crippen molar-refractivity contribution in [1.29, 1.82) is 0 Å². The molecular weight excluding hydrogens is 270 g/mol. The summed E-state index contributed by atoms with van der Waals surface area (Å²) in [5, 5.41) is 28.8. The fraction of sp³-hybridized carbons (Fsp3) is 0.600. The highest BCUT2D eigenvalue weighted by Gasteiger charge is 2.49. The number of nitrogens with zero attached hydrogens (tertiary/aromatic N) is 4. The van der Waals surface area contributed by atoms with Crippen LogP contribution >= 0.6 is 0 Å². The molecule has 0 radical (unpaired) electrons. The first-order chi connectivity index (χ1) is 9.88. The predicted molar refractivity (Wildman–Crippen MR) is 65.9 cm³/mol. The summed E-state index contributed by atoms with van der Waals surface area (Å²) in [4.78, 5) is 23.8. The number of hydrogen-bond donors (Lipinski definition) is 4. The van der Waals surface area contributed by atoms with Gasteiger partial charge in [-0.3, -0.25) is 14.7 Å². The average Bonchev–Trinajstić information content (AvgIpc) is 2.91. The number of amidine groups is 1. The van der Waals surface area contributed by atoms with Gasteiger partial charge in [0.15, 0.2) is 18.1 Å². The molecule has 0 aromatic carbocycles. The number of ether oxygens (including phenoxy) is 1. The van der Waals surface area contributed by atoms with Gasteiger partial charge in [0.2, 0.25) is 5.96 Å². The first-order valence-electron chi connectivity index (χ1n) is 6.32. The maximum Gasteiger partial charge on any atom is 0.281 e. The second-order valence-corrected chi connectivity index (χ2v) is 4.44. The van der Waals surface area contributed by atoms with Crippen molar-refractivity contribution in [2.24, 2.45) is 20.7 Å². The van der Waals surface area contributed by atoms with E-state index in [0.717, 1.165) is 11.2 Å². The number of hydrogen-bond acceptors (Lipinski definition) is 9. The molecule has 108 valence electrons. The predicted octanol–water partition coefficient (Wildman–Crippen LogP) is -3.61. The molecule has 1 unspecified atom stereocenters. The van der Waals surface area contributed by atoms with E-state index in [0.29, 0.717) is 0 Å². The fourth-order valence-corrected chi connectivity index (χ4v) is 2.20. The van der Waals surface area contributed by atoms with Crippen LogP contribution in [0.3, 0.4) is 0 Å². The fourth-order valence-electron chi connectivity index (χ4n) is 2.20. The minimum absolute atomic E-state index is 0.171. The first-order valence-corrected chi connectivity index (χ1v) is 5.82. The van der Waals surface area contributed by atoms with Crippen molar-refractivity contribution >= 4 is 24.0 Å². The molecule has 1 saturated heterocycles. The van der Waals surface area contributed by atoms with Crippen molar-refractivity contribution in [3.63, 3.8) is 0 Å². The number of aliphatic hydroxyl groups is 3. The summed E-state index contributed by atoms with van der Waals surface area (Å²) in [6.45, 7) is -0.499. The maximum atomic E-state index is 11.8. The number of aliphatic hydroxyl groups excluding tert-OH is 3. The highest BCUT2D eigenvalue weighted by atomic mass is 16.6. The molecule has 1 fully saturated rings. The van der Waals surface area contributed by atoms with Crippen LogP contribution in [0.15, 0.2) is 15.0 Å². The molecule has 3 rings (SSSR count). The Labute approximate surface area is 114 Å². The molecule has 3 aliphatic rings. The lowest BCUT2D eigenvalue weighted by atomic mass is 10.1. The van der Waals surface area contributed by atoms with E-state index in [2.05, 4.69) is 15.0 Å². The Hall–Kier alpha value is -1.88. The summed E-state index contributed by atoms with van der Waals surface area (Å²) in [5.41, 5.74) is 5.40. The third-order valence-corrected chi connectivity index (χ3v) is 3.20. The lowest BCUT2D eigenvalue weighted by molar-refractivity contribution is -0.117. The normalized spacial score (nSPS) is 44.2. The molecule has 20 heavy (non-hydrogen) atoms. The average molecular weight is 284 g/mol. The molecule has 0 bridgehead atoms. The van der Waals surface area contributed by atoms with Crippen molar-refractivity contribution in [3.8, 4) is 0 Å². The quantitative estimate of drug-likeness (QED) is 0.408. The van der Waals surface area contributed by atoms with Crippen molar-refractivity contribution in [3.05, 3.63) is 0 Å². The standard InChI is InChI=1S/C10H13N5O5/c11-10-13-7-4(8(19)14-10)12-2-15(7)9-6(18)5(17)3(1-16)20-9/h2-6,9,16-18H,1H2,(H2,11,14,19)/t3-,4?,5-,6-,9-/m1/s1/i4D. The van der Waals surface area contributed by atoms with E-state index >= 15 is 0 Å². The van der Waals surface area contributed by atoms with Gasteiger partial charge in [-0.25, -0.2) is 0 Å². The van der Waals surface area contributed by atoms with E-state index in [1.807, 2.05) is 0 Å². The number of carbonyl (C=O) groups is 1. The van der Waals surface area contributed by atoms with Gasteiger partial charge in [-0.2, -0.15) is 9.98 Å². The number of guanidine groups is 1. The molecule has 3 aliphatic heterocycles. The number of rotatable bonds is 2.